The molecule has 2 heterocycles. The minimum Gasteiger partial charge on any atom is -0.397 e. The molecule has 0 aliphatic carbocycles. The van der Waals surface area contributed by atoms with Gasteiger partial charge in [0.25, 0.3) is 0 Å². The molecule has 9 heteroatoms. The Hall–Kier alpha value is -3.72. The number of nitrogens with zero attached hydrogens (tertiary/aromatic N) is 1. The van der Waals surface area contributed by atoms with E-state index in [0.717, 1.165) is 30.5 Å². The van der Waals surface area contributed by atoms with Crippen molar-refractivity contribution in [1.29, 1.82) is 0 Å². The van der Waals surface area contributed by atoms with E-state index in [4.69, 9.17) is 22.1 Å². The van der Waals surface area contributed by atoms with Crippen molar-refractivity contribution in [1.82, 2.24) is 4.90 Å². The number of nitrogens with one attached hydrogen (secondary N) is 2. The third-order valence-corrected chi connectivity index (χ3v) is 7.83. The quantitative estimate of drug-likeness (QED) is 0.259. The summed E-state index contributed by atoms with van der Waals surface area (Å²) in [6.07, 6.45) is 5.04. The molecule has 2 aliphatic rings. The molecule has 2 amide bonds. The molecule has 208 valence electrons. The number of anilines is 3. The molecule has 0 spiro atoms. The summed E-state index contributed by atoms with van der Waals surface area (Å²) >= 11 is 5.88. The molecule has 2 fully saturated rings. The Balaban J connectivity index is 1.30. The second kappa shape index (κ2) is 12.6. The topological polar surface area (TPSA) is 96.7 Å². The maximum Gasteiger partial charge on any atom is 0.248 e. The SMILES string of the molecule is Nc1ccccc1NC(=O)C=Cc1ccc(C2CN(C3CCOCC3)CC2C(=O)Nc2ccc(Cl)cc2F)cc1. The predicted octanol–water partition coefficient (Wildman–Crippen LogP) is 5.55. The van der Waals surface area contributed by atoms with Crippen LogP contribution in [0.3, 0.4) is 0 Å². The first kappa shape index (κ1) is 27.8. The molecule has 3 aromatic carbocycles. The molecule has 40 heavy (non-hydrogen) atoms. The molecule has 2 aliphatic heterocycles. The normalized spacial score (nSPS) is 20.1. The molecule has 3 aromatic rings. The molecule has 2 saturated heterocycles. The summed E-state index contributed by atoms with van der Waals surface area (Å²) < 4.78 is 20.0. The van der Waals surface area contributed by atoms with E-state index < -0.39 is 5.82 Å². The van der Waals surface area contributed by atoms with Crippen LogP contribution in [0, 0.1) is 11.7 Å². The highest BCUT2D eigenvalue weighted by Gasteiger charge is 2.41. The molecule has 0 saturated carbocycles. The summed E-state index contributed by atoms with van der Waals surface area (Å²) in [4.78, 5) is 28.2. The number of nitrogen functional groups attached to an aromatic ring is 1. The predicted molar refractivity (Wildman–Crippen MR) is 157 cm³/mol. The Morgan fingerprint density at radius 2 is 1.73 bits per heavy atom. The number of rotatable bonds is 7. The number of carbonyl (C=O) groups is 2. The van der Waals surface area contributed by atoms with Crippen LogP contribution in [0.25, 0.3) is 6.08 Å². The van der Waals surface area contributed by atoms with E-state index in [1.54, 1.807) is 36.4 Å². The van der Waals surface area contributed by atoms with Gasteiger partial charge in [0.15, 0.2) is 0 Å². The van der Waals surface area contributed by atoms with Gasteiger partial charge >= 0.3 is 0 Å². The van der Waals surface area contributed by atoms with E-state index in [9.17, 15) is 14.0 Å². The molecule has 0 bridgehead atoms. The molecule has 4 N–H and O–H groups in total. The van der Waals surface area contributed by atoms with E-state index in [0.29, 0.717) is 37.2 Å². The number of para-hydroxylation sites is 2. The Kier molecular flexibility index (Phi) is 8.79. The summed E-state index contributed by atoms with van der Waals surface area (Å²) in [6.45, 7) is 2.73. The Morgan fingerprint density at radius 3 is 2.45 bits per heavy atom. The Bertz CT molecular complexity index is 1390. The lowest BCUT2D eigenvalue weighted by Crippen LogP contribution is -2.38. The van der Waals surface area contributed by atoms with Crippen molar-refractivity contribution in [2.45, 2.75) is 24.8 Å². The van der Waals surface area contributed by atoms with Gasteiger partial charge in [0.1, 0.15) is 5.82 Å². The van der Waals surface area contributed by atoms with E-state index >= 15 is 0 Å². The highest BCUT2D eigenvalue weighted by molar-refractivity contribution is 6.30. The lowest BCUT2D eigenvalue weighted by atomic mass is 9.88. The number of amides is 2. The van der Waals surface area contributed by atoms with Crippen LogP contribution in [0.1, 0.15) is 29.9 Å². The van der Waals surface area contributed by atoms with Crippen LogP contribution in [-0.4, -0.2) is 49.1 Å². The first-order valence-corrected chi connectivity index (χ1v) is 13.8. The van der Waals surface area contributed by atoms with Gasteiger partial charge in [-0.15, -0.1) is 0 Å². The molecule has 7 nitrogen and oxygen atoms in total. The Labute approximate surface area is 238 Å². The minimum absolute atomic E-state index is 0.0689. The van der Waals surface area contributed by atoms with Crippen LogP contribution >= 0.6 is 11.6 Å². The first-order chi connectivity index (χ1) is 19.4. The second-order valence-corrected chi connectivity index (χ2v) is 10.6. The number of hydrogen-bond donors (Lipinski definition) is 3. The first-order valence-electron chi connectivity index (χ1n) is 13.4. The van der Waals surface area contributed by atoms with Gasteiger partial charge in [-0.2, -0.15) is 0 Å². The highest BCUT2D eigenvalue weighted by atomic mass is 35.5. The minimum atomic E-state index is -0.563. The fourth-order valence-corrected chi connectivity index (χ4v) is 5.57. The average molecular weight is 563 g/mol. The van der Waals surface area contributed by atoms with Gasteiger partial charge in [-0.25, -0.2) is 4.39 Å². The number of likely N-dealkylation sites (tertiary alicyclic amines) is 1. The van der Waals surface area contributed by atoms with Crippen molar-refractivity contribution in [3.8, 4) is 0 Å². The summed E-state index contributed by atoms with van der Waals surface area (Å²) in [7, 11) is 0. The highest BCUT2D eigenvalue weighted by Crippen LogP contribution is 2.36. The number of halogens is 2. The summed E-state index contributed by atoms with van der Waals surface area (Å²) in [5, 5.41) is 5.83. The molecule has 5 rings (SSSR count). The molecule has 0 radical (unpaired) electrons. The molecule has 2 atom stereocenters. The standard InChI is InChI=1S/C31H32ClFN4O3/c32-22-10-11-28(26(33)17-22)36-31(39)25-19-37(23-13-15-40-16-14-23)18-24(25)21-8-5-20(6-9-21)7-12-30(38)35-29-4-2-1-3-27(29)34/h1-12,17,23-25H,13-16,18-19,34H2,(H,35,38)(H,36,39). The van der Waals surface area contributed by atoms with Crippen LogP contribution in [0.5, 0.6) is 0 Å². The van der Waals surface area contributed by atoms with Gasteiger partial charge in [0, 0.05) is 49.4 Å². The fraction of sp³-hybridized carbons (Fsp3) is 0.290. The summed E-state index contributed by atoms with van der Waals surface area (Å²) in [5.41, 5.74) is 8.94. The van der Waals surface area contributed by atoms with Crippen molar-refractivity contribution in [2.24, 2.45) is 5.92 Å². The van der Waals surface area contributed by atoms with E-state index in [-0.39, 0.29) is 34.4 Å². The zero-order chi connectivity index (χ0) is 28.1. The van der Waals surface area contributed by atoms with Gasteiger partial charge in [0.2, 0.25) is 11.8 Å². The van der Waals surface area contributed by atoms with E-state index in [1.807, 2.05) is 24.3 Å². The number of ether oxygens (including phenoxy) is 1. The van der Waals surface area contributed by atoms with Crippen LogP contribution in [0.15, 0.2) is 72.8 Å². The zero-order valence-electron chi connectivity index (χ0n) is 22.0. The van der Waals surface area contributed by atoms with Gasteiger partial charge in [0.05, 0.1) is 23.0 Å². The van der Waals surface area contributed by atoms with Crippen molar-refractivity contribution in [3.05, 3.63) is 94.8 Å². The van der Waals surface area contributed by atoms with Crippen LogP contribution in [0.4, 0.5) is 21.5 Å². The van der Waals surface area contributed by atoms with Gasteiger partial charge in [-0.1, -0.05) is 48.0 Å². The molecular formula is C31H32ClFN4O3. The largest absolute Gasteiger partial charge is 0.397 e. The average Bonchev–Trinajstić information content (AvgIpc) is 3.41. The summed E-state index contributed by atoms with van der Waals surface area (Å²) in [6, 6.07) is 19.5. The molecular weight excluding hydrogens is 531 g/mol. The van der Waals surface area contributed by atoms with Crippen LogP contribution in [-0.2, 0) is 14.3 Å². The molecule has 2 unspecified atom stereocenters. The zero-order valence-corrected chi connectivity index (χ0v) is 22.7. The number of benzene rings is 3. The van der Waals surface area contributed by atoms with Crippen molar-refractivity contribution < 1.29 is 18.7 Å². The maximum absolute atomic E-state index is 14.4. The maximum atomic E-state index is 14.4. The van der Waals surface area contributed by atoms with Crippen molar-refractivity contribution in [3.63, 3.8) is 0 Å². The molecule has 0 aromatic heterocycles. The Morgan fingerprint density at radius 1 is 0.975 bits per heavy atom. The van der Waals surface area contributed by atoms with Gasteiger partial charge in [-0.3, -0.25) is 14.5 Å². The van der Waals surface area contributed by atoms with E-state index in [1.165, 1.54) is 18.2 Å². The third-order valence-electron chi connectivity index (χ3n) is 7.59. The van der Waals surface area contributed by atoms with E-state index in [2.05, 4.69) is 15.5 Å². The van der Waals surface area contributed by atoms with Gasteiger partial charge in [-0.05, 0) is 60.4 Å². The number of nitrogens with two attached hydrogens (primary N) is 1. The number of carbonyl (C=O) groups excluding carboxylic acids is 2. The smallest absolute Gasteiger partial charge is 0.248 e. The second-order valence-electron chi connectivity index (χ2n) is 10.2. The number of hydrogen-bond acceptors (Lipinski definition) is 5. The summed E-state index contributed by atoms with van der Waals surface area (Å²) in [5.74, 6) is -1.49. The lowest BCUT2D eigenvalue weighted by Gasteiger charge is -2.31. The van der Waals surface area contributed by atoms with Crippen LogP contribution in [0.2, 0.25) is 5.02 Å². The van der Waals surface area contributed by atoms with Crippen LogP contribution < -0.4 is 16.4 Å². The van der Waals surface area contributed by atoms with Gasteiger partial charge < -0.3 is 21.1 Å². The van der Waals surface area contributed by atoms with Crippen molar-refractivity contribution in [2.75, 3.05) is 42.7 Å². The fourth-order valence-electron chi connectivity index (χ4n) is 5.41. The third kappa shape index (κ3) is 6.70. The monoisotopic (exact) mass is 562 g/mol. The van der Waals surface area contributed by atoms with Crippen molar-refractivity contribution >= 4 is 46.6 Å². The lowest BCUT2D eigenvalue weighted by molar-refractivity contribution is -0.120.